The van der Waals surface area contributed by atoms with Crippen LogP contribution in [0.25, 0.3) is 0 Å². The van der Waals surface area contributed by atoms with Crippen LogP contribution in [0.4, 0.5) is 10.5 Å². The molecule has 2 aliphatic rings. The molecule has 2 aromatic carbocycles. The van der Waals surface area contributed by atoms with Crippen LogP contribution >= 0.6 is 23.2 Å². The number of hydrogen-bond donors (Lipinski definition) is 2. The lowest BCUT2D eigenvalue weighted by molar-refractivity contribution is -0.125. The van der Waals surface area contributed by atoms with Gasteiger partial charge in [-0.05, 0) is 43.5 Å². The Morgan fingerprint density at radius 1 is 1.07 bits per heavy atom. The molecule has 10 nitrogen and oxygen atoms in total. The molecule has 2 aliphatic heterocycles. The maximum absolute atomic E-state index is 13.0. The number of amides is 4. The molecule has 2 heterocycles. The summed E-state index contributed by atoms with van der Waals surface area (Å²) in [4.78, 5) is 54.4. The Morgan fingerprint density at radius 2 is 1.83 bits per heavy atom. The van der Waals surface area contributed by atoms with E-state index in [-0.39, 0.29) is 37.2 Å². The summed E-state index contributed by atoms with van der Waals surface area (Å²) in [6.45, 7) is 3.70. The van der Waals surface area contributed by atoms with Gasteiger partial charge in [0.1, 0.15) is 18.1 Å². The van der Waals surface area contributed by atoms with Gasteiger partial charge in [-0.3, -0.25) is 9.59 Å². The summed E-state index contributed by atoms with van der Waals surface area (Å²) >= 11 is 12.5. The van der Waals surface area contributed by atoms with E-state index in [1.165, 1.54) is 11.9 Å². The molecule has 1 atom stereocenters. The topological polar surface area (TPSA) is 111 Å². The molecule has 0 bridgehead atoms. The molecule has 0 spiro atoms. The van der Waals surface area contributed by atoms with Crippen LogP contribution in [0.15, 0.2) is 36.4 Å². The average Bonchev–Trinajstić information content (AvgIpc) is 3.32. The normalized spacial score (nSPS) is 15.4. The number of halogens is 2. The standard InChI is InChI=1S/C29H35Cl2N5O5/c1-32-27(38)24(10-6-17-37)36-19-21-20(28(36)39)7-4-11-25(21)41-18-3-2-12-33-29(40)35-15-13-34(14-16-35)23-9-5-8-22(30)26(23)31/h4-5,7-9,11,17,24H,2-3,6,10,12-16,18-19H2,1H3,(H,32,38)(H,33,40). The summed E-state index contributed by atoms with van der Waals surface area (Å²) in [6, 6.07) is 10.0. The van der Waals surface area contributed by atoms with E-state index in [4.69, 9.17) is 27.9 Å². The van der Waals surface area contributed by atoms with E-state index in [9.17, 15) is 19.2 Å². The van der Waals surface area contributed by atoms with Crippen LogP contribution in [0.3, 0.4) is 0 Å². The number of hydrogen-bond acceptors (Lipinski definition) is 6. The van der Waals surface area contributed by atoms with E-state index in [1.807, 2.05) is 18.2 Å². The molecule has 0 aliphatic carbocycles. The molecule has 0 saturated carbocycles. The SMILES string of the molecule is CNC(=O)C(CCC=O)N1Cc2c(OCCCCNC(=O)N3CCN(c4cccc(Cl)c4Cl)CC3)cccc2C1=O. The minimum Gasteiger partial charge on any atom is -0.493 e. The molecular formula is C29H35Cl2N5O5. The van der Waals surface area contributed by atoms with E-state index < -0.39 is 6.04 Å². The highest BCUT2D eigenvalue weighted by Crippen LogP contribution is 2.34. The Morgan fingerprint density at radius 3 is 2.56 bits per heavy atom. The Bertz CT molecular complexity index is 1270. The number of rotatable bonds is 12. The first-order valence-electron chi connectivity index (χ1n) is 13.8. The number of nitrogens with zero attached hydrogens (tertiary/aromatic N) is 3. The number of piperazine rings is 1. The van der Waals surface area contributed by atoms with Crippen molar-refractivity contribution >= 4 is 53.0 Å². The monoisotopic (exact) mass is 603 g/mol. The summed E-state index contributed by atoms with van der Waals surface area (Å²) in [6.07, 6.45) is 2.64. The van der Waals surface area contributed by atoms with Crippen LogP contribution < -0.4 is 20.3 Å². The summed E-state index contributed by atoms with van der Waals surface area (Å²) < 4.78 is 6.00. The van der Waals surface area contributed by atoms with Crippen LogP contribution in [0.5, 0.6) is 5.75 Å². The number of benzene rings is 2. The lowest BCUT2D eigenvalue weighted by atomic mass is 10.1. The van der Waals surface area contributed by atoms with Gasteiger partial charge in [-0.15, -0.1) is 0 Å². The van der Waals surface area contributed by atoms with Crippen molar-refractivity contribution < 1.29 is 23.9 Å². The van der Waals surface area contributed by atoms with Crippen molar-refractivity contribution in [3.8, 4) is 5.75 Å². The second kappa shape index (κ2) is 14.4. The zero-order valence-corrected chi connectivity index (χ0v) is 24.5. The highest BCUT2D eigenvalue weighted by Gasteiger charge is 2.37. The zero-order valence-electron chi connectivity index (χ0n) is 23.0. The molecule has 1 fully saturated rings. The third kappa shape index (κ3) is 7.23. The van der Waals surface area contributed by atoms with Gasteiger partial charge in [0.05, 0.1) is 28.9 Å². The number of aldehydes is 1. The Hall–Kier alpha value is -3.50. The summed E-state index contributed by atoms with van der Waals surface area (Å²) in [5.74, 6) is 0.0557. The molecule has 0 aromatic heterocycles. The van der Waals surface area contributed by atoms with Crippen molar-refractivity contribution in [3.05, 3.63) is 57.6 Å². The smallest absolute Gasteiger partial charge is 0.317 e. The minimum absolute atomic E-state index is 0.0949. The summed E-state index contributed by atoms with van der Waals surface area (Å²) in [7, 11) is 1.51. The minimum atomic E-state index is -0.723. The molecule has 220 valence electrons. The maximum atomic E-state index is 13.0. The molecule has 4 rings (SSSR count). The fourth-order valence-electron chi connectivity index (χ4n) is 5.14. The number of carbonyl (C=O) groups excluding carboxylic acids is 4. The summed E-state index contributed by atoms with van der Waals surface area (Å²) in [5.41, 5.74) is 2.13. The van der Waals surface area contributed by atoms with Crippen LogP contribution in [-0.4, -0.2) is 86.4 Å². The molecule has 0 radical (unpaired) electrons. The van der Waals surface area contributed by atoms with Gasteiger partial charge in [-0.25, -0.2) is 4.79 Å². The second-order valence-corrected chi connectivity index (χ2v) is 10.7. The number of nitrogens with one attached hydrogen (secondary N) is 2. The van der Waals surface area contributed by atoms with Gasteiger partial charge < -0.3 is 34.9 Å². The van der Waals surface area contributed by atoms with Crippen LogP contribution in [0, 0.1) is 0 Å². The molecule has 2 aromatic rings. The first-order chi connectivity index (χ1) is 19.8. The molecule has 1 unspecified atom stereocenters. The largest absolute Gasteiger partial charge is 0.493 e. The third-order valence-corrected chi connectivity index (χ3v) is 8.19. The number of fused-ring (bicyclic) bond motifs is 1. The van der Waals surface area contributed by atoms with Crippen LogP contribution in [0.2, 0.25) is 10.0 Å². The first-order valence-corrected chi connectivity index (χ1v) is 14.5. The van der Waals surface area contributed by atoms with Crippen molar-refractivity contribution in [2.24, 2.45) is 0 Å². The van der Waals surface area contributed by atoms with Gasteiger partial charge >= 0.3 is 6.03 Å². The Balaban J connectivity index is 1.19. The van der Waals surface area contributed by atoms with Crippen molar-refractivity contribution in [2.75, 3.05) is 51.3 Å². The lowest BCUT2D eigenvalue weighted by Crippen LogP contribution is -2.52. The second-order valence-electron chi connectivity index (χ2n) is 9.92. The predicted octanol–water partition coefficient (Wildman–Crippen LogP) is 3.73. The number of unbranched alkanes of at least 4 members (excludes halogenated alkanes) is 1. The number of urea groups is 1. The van der Waals surface area contributed by atoms with E-state index >= 15 is 0 Å². The molecule has 2 N–H and O–H groups in total. The molecule has 1 saturated heterocycles. The van der Waals surface area contributed by atoms with Crippen LogP contribution in [-0.2, 0) is 16.1 Å². The molecule has 41 heavy (non-hydrogen) atoms. The first kappa shape index (κ1) is 30.5. The lowest BCUT2D eigenvalue weighted by Gasteiger charge is -2.36. The van der Waals surface area contributed by atoms with Gasteiger partial charge in [0.2, 0.25) is 5.91 Å². The summed E-state index contributed by atoms with van der Waals surface area (Å²) in [5, 5.41) is 6.60. The van der Waals surface area contributed by atoms with Gasteiger partial charge in [0.25, 0.3) is 5.91 Å². The number of carbonyl (C=O) groups is 4. The predicted molar refractivity (Wildman–Crippen MR) is 158 cm³/mol. The van der Waals surface area contributed by atoms with Crippen molar-refractivity contribution in [3.63, 3.8) is 0 Å². The highest BCUT2D eigenvalue weighted by molar-refractivity contribution is 6.43. The maximum Gasteiger partial charge on any atom is 0.317 e. The molecular weight excluding hydrogens is 569 g/mol. The van der Waals surface area contributed by atoms with Gasteiger partial charge in [0, 0.05) is 57.3 Å². The highest BCUT2D eigenvalue weighted by atomic mass is 35.5. The number of ether oxygens (including phenoxy) is 1. The Kier molecular flexibility index (Phi) is 10.7. The van der Waals surface area contributed by atoms with Gasteiger partial charge in [-0.1, -0.05) is 35.3 Å². The van der Waals surface area contributed by atoms with E-state index in [1.54, 1.807) is 23.1 Å². The van der Waals surface area contributed by atoms with E-state index in [0.29, 0.717) is 67.1 Å². The van der Waals surface area contributed by atoms with Crippen molar-refractivity contribution in [2.45, 2.75) is 38.3 Å². The van der Waals surface area contributed by atoms with E-state index in [2.05, 4.69) is 15.5 Å². The average molecular weight is 605 g/mol. The fourth-order valence-corrected chi connectivity index (χ4v) is 5.55. The fraction of sp³-hybridized carbons (Fsp3) is 0.448. The van der Waals surface area contributed by atoms with Gasteiger partial charge in [-0.2, -0.15) is 0 Å². The molecule has 12 heteroatoms. The zero-order chi connectivity index (χ0) is 29.4. The Labute approximate surface area is 249 Å². The number of likely N-dealkylation sites (N-methyl/N-ethyl adjacent to an activating group) is 1. The van der Waals surface area contributed by atoms with Gasteiger partial charge in [0.15, 0.2) is 0 Å². The number of anilines is 1. The molecule has 4 amide bonds. The third-order valence-electron chi connectivity index (χ3n) is 7.38. The van der Waals surface area contributed by atoms with Crippen molar-refractivity contribution in [1.29, 1.82) is 0 Å². The van der Waals surface area contributed by atoms with Crippen LogP contribution in [0.1, 0.15) is 41.6 Å². The van der Waals surface area contributed by atoms with E-state index in [0.717, 1.165) is 24.0 Å². The van der Waals surface area contributed by atoms with Crippen molar-refractivity contribution in [1.82, 2.24) is 20.4 Å². The quantitative estimate of drug-likeness (QED) is 0.282.